The van der Waals surface area contributed by atoms with Crippen molar-refractivity contribution in [3.8, 4) is 0 Å². The van der Waals surface area contributed by atoms with Crippen LogP contribution in [0.25, 0.3) is 0 Å². The summed E-state index contributed by atoms with van der Waals surface area (Å²) in [5, 5.41) is 22.1. The molecule has 0 aromatic heterocycles. The maximum atomic E-state index is 12.9. The highest BCUT2D eigenvalue weighted by Crippen LogP contribution is 2.21. The largest absolute Gasteiger partial charge is 0.460 e. The summed E-state index contributed by atoms with van der Waals surface area (Å²) in [5.41, 5.74) is 0. The van der Waals surface area contributed by atoms with Gasteiger partial charge in [0.2, 0.25) is 6.79 Å². The molecular weight excluding hydrogens is 889 g/mol. The lowest BCUT2D eigenvalue weighted by Crippen LogP contribution is -2.47. The lowest BCUT2D eigenvalue weighted by atomic mass is 9.99. The van der Waals surface area contributed by atoms with Crippen molar-refractivity contribution in [2.45, 2.75) is 232 Å². The van der Waals surface area contributed by atoms with E-state index in [1.165, 1.54) is 52.4 Å². The molecule has 16 nitrogen and oxygen atoms in total. The first-order chi connectivity index (χ1) is 32.8. The molecule has 0 heterocycles. The molecule has 0 amide bonds. The standard InChI is InChI=1S/C53H100N2O14/c1-9-11-13-15-21-27-33-48(68-52(62)41-54(5,6)37-39-64-44(3)56)46(58)31-25-19-17-23-29-35-50(60)66-43-67-51(61)36-30-24-18-20-26-32-47(59)49(34-28-22-16-14-12-10-2)69-53(63)42-55(7,8)38-40-65-45(4)57/h46-49,58-59H,9-43H2,1-8H3/q+2. The van der Waals surface area contributed by atoms with Crippen LogP contribution in [0.2, 0.25) is 0 Å². The number of rotatable bonds is 46. The summed E-state index contributed by atoms with van der Waals surface area (Å²) >= 11 is 0. The fraction of sp³-hybridized carbons (Fsp3) is 0.887. The Hall–Kier alpha value is -3.34. The Morgan fingerprint density at radius 3 is 1.04 bits per heavy atom. The van der Waals surface area contributed by atoms with Crippen LogP contribution in [-0.2, 0) is 57.2 Å². The van der Waals surface area contributed by atoms with E-state index in [1.807, 2.05) is 28.2 Å². The first kappa shape index (κ1) is 65.7. The van der Waals surface area contributed by atoms with Gasteiger partial charge >= 0.3 is 35.8 Å². The van der Waals surface area contributed by atoms with Crippen LogP contribution in [0.15, 0.2) is 0 Å². The predicted molar refractivity (Wildman–Crippen MR) is 266 cm³/mol. The molecule has 4 unspecified atom stereocenters. The van der Waals surface area contributed by atoms with E-state index in [0.29, 0.717) is 60.6 Å². The molecule has 404 valence electrons. The second-order valence-electron chi connectivity index (χ2n) is 20.4. The Kier molecular flexibility index (Phi) is 39.3. The van der Waals surface area contributed by atoms with Crippen molar-refractivity contribution in [3.63, 3.8) is 0 Å². The number of carbonyl (C=O) groups is 6. The molecule has 0 aromatic rings. The zero-order chi connectivity index (χ0) is 51.8. The number of quaternary nitrogens is 2. The number of esters is 6. The number of carbonyl (C=O) groups excluding carboxylic acids is 6. The van der Waals surface area contributed by atoms with Crippen molar-refractivity contribution in [2.75, 3.05) is 74.4 Å². The number of hydrogen-bond donors (Lipinski definition) is 2. The first-order valence-corrected chi connectivity index (χ1v) is 26.8. The number of ether oxygens (including phenoxy) is 6. The van der Waals surface area contributed by atoms with E-state index >= 15 is 0 Å². The maximum Gasteiger partial charge on any atom is 0.362 e. The Morgan fingerprint density at radius 1 is 0.406 bits per heavy atom. The molecule has 0 fully saturated rings. The van der Waals surface area contributed by atoms with Crippen molar-refractivity contribution >= 4 is 35.8 Å². The van der Waals surface area contributed by atoms with E-state index in [2.05, 4.69) is 13.8 Å². The highest BCUT2D eigenvalue weighted by Gasteiger charge is 2.29. The average molecular weight is 989 g/mol. The lowest BCUT2D eigenvalue weighted by Gasteiger charge is -2.30. The fourth-order valence-corrected chi connectivity index (χ4v) is 8.04. The molecule has 4 atom stereocenters. The topological polar surface area (TPSA) is 198 Å². The van der Waals surface area contributed by atoms with Gasteiger partial charge in [-0.3, -0.25) is 19.2 Å². The maximum absolute atomic E-state index is 12.9. The van der Waals surface area contributed by atoms with E-state index in [9.17, 15) is 39.0 Å². The van der Waals surface area contributed by atoms with Gasteiger partial charge in [-0.1, -0.05) is 129 Å². The van der Waals surface area contributed by atoms with Gasteiger partial charge in [0.05, 0.1) is 40.4 Å². The minimum Gasteiger partial charge on any atom is -0.460 e. The number of hydrogen-bond acceptors (Lipinski definition) is 14. The summed E-state index contributed by atoms with van der Waals surface area (Å²) in [4.78, 5) is 72.6. The van der Waals surface area contributed by atoms with Crippen LogP contribution >= 0.6 is 0 Å². The van der Waals surface area contributed by atoms with E-state index in [-0.39, 0.29) is 63.0 Å². The molecule has 0 saturated carbocycles. The van der Waals surface area contributed by atoms with Crippen LogP contribution in [0.5, 0.6) is 0 Å². The summed E-state index contributed by atoms with van der Waals surface area (Å²) in [5.74, 6) is -2.32. The highest BCUT2D eigenvalue weighted by molar-refractivity contribution is 5.72. The zero-order valence-electron chi connectivity index (χ0n) is 44.7. The van der Waals surface area contributed by atoms with Gasteiger partial charge in [-0.2, -0.15) is 0 Å². The SMILES string of the molecule is CCCCCCCCC(OC(=O)C[N+](C)(C)CCOC(C)=O)C(O)CCCCCCCC(=O)OCOC(=O)CCCCCCCC(O)C(CCCCCCCC)OC(=O)C[N+](C)(C)CCOC(C)=O. The molecule has 16 heteroatoms. The van der Waals surface area contributed by atoms with Crippen LogP contribution in [-0.4, -0.2) is 154 Å². The molecule has 0 saturated heterocycles. The summed E-state index contributed by atoms with van der Waals surface area (Å²) in [6.45, 7) is 8.24. The Balaban J connectivity index is 4.43. The van der Waals surface area contributed by atoms with E-state index < -0.39 is 43.1 Å². The molecule has 0 aromatic carbocycles. The predicted octanol–water partition coefficient (Wildman–Crippen LogP) is 8.82. The number of likely N-dealkylation sites (N-methyl/N-ethyl adjacent to an activating group) is 2. The van der Waals surface area contributed by atoms with Gasteiger partial charge in [-0.25, -0.2) is 9.59 Å². The van der Waals surface area contributed by atoms with Gasteiger partial charge in [-0.05, 0) is 51.4 Å². The van der Waals surface area contributed by atoms with Crippen LogP contribution in [0.1, 0.15) is 207 Å². The van der Waals surface area contributed by atoms with Crippen LogP contribution in [0.3, 0.4) is 0 Å². The Bertz CT molecular complexity index is 1280. The third-order valence-corrected chi connectivity index (χ3v) is 12.4. The van der Waals surface area contributed by atoms with E-state index in [1.54, 1.807) is 0 Å². The van der Waals surface area contributed by atoms with Crippen molar-refractivity contribution in [1.82, 2.24) is 0 Å². The van der Waals surface area contributed by atoms with Gasteiger partial charge in [0.1, 0.15) is 38.5 Å². The zero-order valence-corrected chi connectivity index (χ0v) is 44.7. The van der Waals surface area contributed by atoms with Gasteiger partial charge in [-0.15, -0.1) is 0 Å². The normalized spacial score (nSPS) is 13.5. The Morgan fingerprint density at radius 2 is 0.710 bits per heavy atom. The molecule has 2 N–H and O–H groups in total. The number of unbranched alkanes of at least 4 members (excludes halogenated alkanes) is 18. The Labute approximate surface area is 417 Å². The van der Waals surface area contributed by atoms with Crippen LogP contribution in [0.4, 0.5) is 0 Å². The molecule has 0 aliphatic heterocycles. The molecule has 69 heavy (non-hydrogen) atoms. The first-order valence-electron chi connectivity index (χ1n) is 26.8. The van der Waals surface area contributed by atoms with Gasteiger partial charge in [0, 0.05) is 26.7 Å². The second kappa shape index (κ2) is 41.3. The summed E-state index contributed by atoms with van der Waals surface area (Å²) in [6, 6.07) is 0. The molecule has 0 aliphatic rings. The molecule has 0 rings (SSSR count). The summed E-state index contributed by atoms with van der Waals surface area (Å²) < 4.78 is 32.6. The highest BCUT2D eigenvalue weighted by atomic mass is 16.7. The molecule has 0 radical (unpaired) electrons. The lowest BCUT2D eigenvalue weighted by molar-refractivity contribution is -0.883. The van der Waals surface area contributed by atoms with Gasteiger partial charge in [0.25, 0.3) is 0 Å². The van der Waals surface area contributed by atoms with Gasteiger partial charge in [0.15, 0.2) is 13.1 Å². The van der Waals surface area contributed by atoms with Crippen molar-refractivity contribution in [1.29, 1.82) is 0 Å². The molecule has 0 spiro atoms. The quantitative estimate of drug-likeness (QED) is 0.0193. The minimum absolute atomic E-state index is 0.107. The summed E-state index contributed by atoms with van der Waals surface area (Å²) in [7, 11) is 7.50. The molecular formula is C53H100N2O14+2. The monoisotopic (exact) mass is 989 g/mol. The average Bonchev–Trinajstić information content (AvgIpc) is 3.26. The second-order valence-corrected chi connectivity index (χ2v) is 20.4. The molecule has 0 aliphatic carbocycles. The van der Waals surface area contributed by atoms with Gasteiger partial charge < -0.3 is 47.6 Å². The van der Waals surface area contributed by atoms with E-state index in [0.717, 1.165) is 89.9 Å². The third-order valence-electron chi connectivity index (χ3n) is 12.4. The summed E-state index contributed by atoms with van der Waals surface area (Å²) in [6.07, 6.45) is 21.1. The van der Waals surface area contributed by atoms with Crippen molar-refractivity contribution < 1.29 is 76.4 Å². The number of aliphatic hydroxyl groups is 2. The smallest absolute Gasteiger partial charge is 0.362 e. The fourth-order valence-electron chi connectivity index (χ4n) is 8.04. The molecule has 0 bridgehead atoms. The van der Waals surface area contributed by atoms with Crippen molar-refractivity contribution in [3.05, 3.63) is 0 Å². The van der Waals surface area contributed by atoms with Crippen LogP contribution < -0.4 is 0 Å². The minimum atomic E-state index is -0.764. The number of aliphatic hydroxyl groups excluding tert-OH is 2. The van der Waals surface area contributed by atoms with Crippen LogP contribution in [0, 0.1) is 0 Å². The van der Waals surface area contributed by atoms with Crippen molar-refractivity contribution in [2.24, 2.45) is 0 Å². The van der Waals surface area contributed by atoms with E-state index in [4.69, 9.17) is 28.4 Å². The number of nitrogens with zero attached hydrogens (tertiary/aromatic N) is 2. The third kappa shape index (κ3) is 41.0.